The van der Waals surface area contributed by atoms with Gasteiger partial charge in [0.2, 0.25) is 0 Å². The summed E-state index contributed by atoms with van der Waals surface area (Å²) in [5.74, 6) is 0.892. The predicted octanol–water partition coefficient (Wildman–Crippen LogP) is 3.53. The Morgan fingerprint density at radius 3 is 3.05 bits per heavy atom. The molecular formula is C17H22N2O2. The largest absolute Gasteiger partial charge is 0.494 e. The molecule has 0 unspecified atom stereocenters. The Morgan fingerprint density at radius 1 is 1.33 bits per heavy atom. The van der Waals surface area contributed by atoms with E-state index in [1.807, 2.05) is 19.1 Å². The maximum atomic E-state index is 5.63. The van der Waals surface area contributed by atoms with Gasteiger partial charge < -0.3 is 14.8 Å². The van der Waals surface area contributed by atoms with Crippen molar-refractivity contribution in [3.05, 3.63) is 29.5 Å². The zero-order valence-corrected chi connectivity index (χ0v) is 12.7. The number of aromatic nitrogens is 1. The van der Waals surface area contributed by atoms with Crippen LogP contribution >= 0.6 is 0 Å². The third kappa shape index (κ3) is 2.81. The Morgan fingerprint density at radius 2 is 2.24 bits per heavy atom. The molecule has 1 aromatic carbocycles. The molecule has 0 amide bonds. The van der Waals surface area contributed by atoms with E-state index in [0.29, 0.717) is 13.2 Å². The van der Waals surface area contributed by atoms with Gasteiger partial charge in [-0.3, -0.25) is 4.98 Å². The van der Waals surface area contributed by atoms with Gasteiger partial charge >= 0.3 is 0 Å². The summed E-state index contributed by atoms with van der Waals surface area (Å²) in [6.45, 7) is 7.19. The summed E-state index contributed by atoms with van der Waals surface area (Å²) in [4.78, 5) is 4.81. The average Bonchev–Trinajstić information content (AvgIpc) is 2.52. The number of nitrogens with zero attached hydrogens (tertiary/aromatic N) is 1. The van der Waals surface area contributed by atoms with Crippen LogP contribution in [-0.2, 0) is 17.8 Å². The van der Waals surface area contributed by atoms with Gasteiger partial charge in [-0.25, -0.2) is 0 Å². The minimum atomic E-state index is 0.642. The molecule has 0 atom stereocenters. The van der Waals surface area contributed by atoms with Gasteiger partial charge in [0.25, 0.3) is 0 Å². The van der Waals surface area contributed by atoms with Crippen molar-refractivity contribution in [1.82, 2.24) is 4.98 Å². The van der Waals surface area contributed by atoms with Gasteiger partial charge in [0.05, 0.1) is 36.7 Å². The Kier molecular flexibility index (Phi) is 4.25. The van der Waals surface area contributed by atoms with Crippen LogP contribution in [0.3, 0.4) is 0 Å². The highest BCUT2D eigenvalue weighted by atomic mass is 16.5. The van der Waals surface area contributed by atoms with Crippen molar-refractivity contribution < 1.29 is 9.47 Å². The number of pyridine rings is 1. The van der Waals surface area contributed by atoms with E-state index in [2.05, 4.69) is 18.3 Å². The van der Waals surface area contributed by atoms with Crippen LogP contribution in [0.1, 0.15) is 31.5 Å². The molecule has 112 valence electrons. The summed E-state index contributed by atoms with van der Waals surface area (Å²) in [7, 11) is 0. The molecule has 3 rings (SSSR count). The summed E-state index contributed by atoms with van der Waals surface area (Å²) in [5, 5.41) is 4.68. The molecule has 1 N–H and O–H groups in total. The topological polar surface area (TPSA) is 43.4 Å². The van der Waals surface area contributed by atoms with E-state index in [1.54, 1.807) is 0 Å². The Labute approximate surface area is 125 Å². The quantitative estimate of drug-likeness (QED) is 0.913. The van der Waals surface area contributed by atoms with E-state index in [1.165, 1.54) is 5.56 Å². The van der Waals surface area contributed by atoms with Gasteiger partial charge in [-0.05, 0) is 31.5 Å². The SMILES string of the molecule is CCCNc1c2c(nc3ccc(OCC)cc13)CCOC2. The lowest BCUT2D eigenvalue weighted by Gasteiger charge is -2.22. The highest BCUT2D eigenvalue weighted by Crippen LogP contribution is 2.33. The number of fused-ring (bicyclic) bond motifs is 2. The maximum absolute atomic E-state index is 5.63. The van der Waals surface area contributed by atoms with Crippen molar-refractivity contribution in [3.63, 3.8) is 0 Å². The monoisotopic (exact) mass is 286 g/mol. The van der Waals surface area contributed by atoms with Crippen molar-refractivity contribution in [3.8, 4) is 5.75 Å². The fraction of sp³-hybridized carbons (Fsp3) is 0.471. The van der Waals surface area contributed by atoms with Crippen molar-refractivity contribution in [2.75, 3.05) is 25.1 Å². The van der Waals surface area contributed by atoms with Crippen LogP contribution in [0.4, 0.5) is 5.69 Å². The van der Waals surface area contributed by atoms with Crippen molar-refractivity contribution in [2.45, 2.75) is 33.3 Å². The molecule has 4 nitrogen and oxygen atoms in total. The van der Waals surface area contributed by atoms with Gasteiger partial charge in [0, 0.05) is 23.9 Å². The maximum Gasteiger partial charge on any atom is 0.120 e. The number of nitrogens with one attached hydrogen (secondary N) is 1. The molecule has 1 aromatic heterocycles. The molecule has 0 saturated heterocycles. The third-order valence-electron chi connectivity index (χ3n) is 3.74. The minimum Gasteiger partial charge on any atom is -0.494 e. The fourth-order valence-electron chi connectivity index (χ4n) is 2.75. The fourth-order valence-corrected chi connectivity index (χ4v) is 2.75. The second kappa shape index (κ2) is 6.31. The molecule has 0 bridgehead atoms. The number of benzene rings is 1. The second-order valence-corrected chi connectivity index (χ2v) is 5.25. The molecule has 0 radical (unpaired) electrons. The van der Waals surface area contributed by atoms with Crippen LogP contribution in [0.2, 0.25) is 0 Å². The molecule has 2 aromatic rings. The van der Waals surface area contributed by atoms with Crippen molar-refractivity contribution in [1.29, 1.82) is 0 Å². The van der Waals surface area contributed by atoms with Gasteiger partial charge in [0.1, 0.15) is 5.75 Å². The van der Waals surface area contributed by atoms with Gasteiger partial charge in [0.15, 0.2) is 0 Å². The molecule has 0 fully saturated rings. The summed E-state index contributed by atoms with van der Waals surface area (Å²) >= 11 is 0. The molecule has 0 spiro atoms. The summed E-state index contributed by atoms with van der Waals surface area (Å²) in [5.41, 5.74) is 4.56. The predicted molar refractivity (Wildman–Crippen MR) is 85.1 cm³/mol. The smallest absolute Gasteiger partial charge is 0.120 e. The molecule has 0 saturated carbocycles. The second-order valence-electron chi connectivity index (χ2n) is 5.25. The van der Waals surface area contributed by atoms with Crippen LogP contribution in [0.5, 0.6) is 5.75 Å². The summed E-state index contributed by atoms with van der Waals surface area (Å²) in [6, 6.07) is 6.13. The van der Waals surface area contributed by atoms with E-state index in [-0.39, 0.29) is 0 Å². The first-order chi connectivity index (χ1) is 10.3. The minimum absolute atomic E-state index is 0.642. The lowest BCUT2D eigenvalue weighted by atomic mass is 10.0. The number of hydrogen-bond acceptors (Lipinski definition) is 4. The number of ether oxygens (including phenoxy) is 2. The van der Waals surface area contributed by atoms with Crippen LogP contribution in [0.25, 0.3) is 10.9 Å². The van der Waals surface area contributed by atoms with Gasteiger partial charge in [-0.1, -0.05) is 6.92 Å². The van der Waals surface area contributed by atoms with Crippen LogP contribution in [0, 0.1) is 0 Å². The molecule has 4 heteroatoms. The van der Waals surface area contributed by atoms with Crippen molar-refractivity contribution in [2.24, 2.45) is 0 Å². The van der Waals surface area contributed by atoms with E-state index in [9.17, 15) is 0 Å². The summed E-state index contributed by atoms with van der Waals surface area (Å²) in [6.07, 6.45) is 1.98. The highest BCUT2D eigenvalue weighted by molar-refractivity contribution is 5.94. The molecule has 1 aliphatic heterocycles. The van der Waals surface area contributed by atoms with E-state index < -0.39 is 0 Å². The van der Waals surface area contributed by atoms with E-state index in [0.717, 1.165) is 54.0 Å². The van der Waals surface area contributed by atoms with E-state index in [4.69, 9.17) is 14.5 Å². The van der Waals surface area contributed by atoms with E-state index >= 15 is 0 Å². The van der Waals surface area contributed by atoms with Crippen molar-refractivity contribution >= 4 is 16.6 Å². The zero-order chi connectivity index (χ0) is 14.7. The number of rotatable bonds is 5. The number of anilines is 1. The highest BCUT2D eigenvalue weighted by Gasteiger charge is 2.18. The molecule has 0 aliphatic carbocycles. The Hall–Kier alpha value is -1.81. The molecule has 2 heterocycles. The first-order valence-electron chi connectivity index (χ1n) is 7.73. The van der Waals surface area contributed by atoms with Crippen LogP contribution in [0.15, 0.2) is 18.2 Å². The normalized spacial score (nSPS) is 14.0. The molecule has 1 aliphatic rings. The first-order valence-corrected chi connectivity index (χ1v) is 7.73. The van der Waals surface area contributed by atoms with Crippen LogP contribution in [-0.4, -0.2) is 24.7 Å². The Bertz CT molecular complexity index is 640. The van der Waals surface area contributed by atoms with Crippen LogP contribution < -0.4 is 10.1 Å². The third-order valence-corrected chi connectivity index (χ3v) is 3.74. The van der Waals surface area contributed by atoms with Gasteiger partial charge in [-0.15, -0.1) is 0 Å². The standard InChI is InChI=1S/C17H22N2O2/c1-3-8-18-17-13-10-12(21-4-2)5-6-15(13)19-16-7-9-20-11-14(16)17/h5-6,10H,3-4,7-9,11H2,1-2H3,(H,18,19). The average molecular weight is 286 g/mol. The number of hydrogen-bond donors (Lipinski definition) is 1. The molecular weight excluding hydrogens is 264 g/mol. The Balaban J connectivity index is 2.15. The first kappa shape index (κ1) is 14.1. The molecule has 21 heavy (non-hydrogen) atoms. The van der Waals surface area contributed by atoms with Gasteiger partial charge in [-0.2, -0.15) is 0 Å². The lowest BCUT2D eigenvalue weighted by Crippen LogP contribution is -2.15. The zero-order valence-electron chi connectivity index (χ0n) is 12.7. The summed E-state index contributed by atoms with van der Waals surface area (Å²) < 4.78 is 11.3. The lowest BCUT2D eigenvalue weighted by molar-refractivity contribution is 0.110.